The number of nitro benzene ring substituents is 1. The van der Waals surface area contributed by atoms with Crippen molar-refractivity contribution in [1.29, 1.82) is 0 Å². The van der Waals surface area contributed by atoms with Gasteiger partial charge in [-0.1, -0.05) is 30.3 Å². The van der Waals surface area contributed by atoms with Crippen molar-refractivity contribution < 1.29 is 9.31 Å². The summed E-state index contributed by atoms with van der Waals surface area (Å²) in [5, 5.41) is 13.0. The fraction of sp³-hybridized carbons (Fsp3) is 0. The molecule has 3 aromatic carbocycles. The van der Waals surface area contributed by atoms with E-state index in [0.29, 0.717) is 10.9 Å². The van der Waals surface area contributed by atoms with Crippen LogP contribution < -0.4 is 0 Å². The van der Waals surface area contributed by atoms with Crippen LogP contribution >= 0.6 is 0 Å². The number of halogens is 1. The van der Waals surface area contributed by atoms with Crippen molar-refractivity contribution in [3.05, 3.63) is 88.0 Å². The van der Waals surface area contributed by atoms with Crippen LogP contribution in [0.25, 0.3) is 32.3 Å². The summed E-state index contributed by atoms with van der Waals surface area (Å²) >= 11 is 0. The van der Waals surface area contributed by atoms with Gasteiger partial charge < -0.3 is 4.57 Å². The third kappa shape index (κ3) is 2.14. The van der Waals surface area contributed by atoms with Crippen LogP contribution in [0.15, 0.2) is 60.7 Å². The van der Waals surface area contributed by atoms with Crippen molar-refractivity contribution in [3.63, 3.8) is 0 Å². The number of nitrogens with zero attached hydrogens (tertiary/aromatic N) is 3. The summed E-state index contributed by atoms with van der Waals surface area (Å²) in [6.45, 7) is 7.18. The molecule has 0 saturated carbocycles. The summed E-state index contributed by atoms with van der Waals surface area (Å²) in [7, 11) is 0. The summed E-state index contributed by atoms with van der Waals surface area (Å²) in [5.41, 5.74) is 1.15. The molecule has 0 aliphatic rings. The van der Waals surface area contributed by atoms with E-state index in [1.165, 1.54) is 28.8 Å². The van der Waals surface area contributed by atoms with E-state index < -0.39 is 10.7 Å². The molecule has 0 amide bonds. The topological polar surface area (TPSA) is 52.4 Å². The fourth-order valence-electron chi connectivity index (χ4n) is 3.14. The summed E-state index contributed by atoms with van der Waals surface area (Å²) < 4.78 is 16.2. The van der Waals surface area contributed by atoms with Crippen molar-refractivity contribution in [3.8, 4) is 5.69 Å². The lowest BCUT2D eigenvalue weighted by atomic mass is 10.1. The maximum Gasteiger partial charge on any atom is 0.290 e. The van der Waals surface area contributed by atoms with E-state index in [1.54, 1.807) is 24.3 Å². The zero-order chi connectivity index (χ0) is 17.6. The average molecular weight is 331 g/mol. The Kier molecular flexibility index (Phi) is 3.22. The maximum absolute atomic E-state index is 14.6. The first-order valence-corrected chi connectivity index (χ1v) is 7.46. The van der Waals surface area contributed by atoms with Gasteiger partial charge in [-0.25, -0.2) is 9.24 Å². The molecule has 4 rings (SSSR count). The third-order valence-corrected chi connectivity index (χ3v) is 4.17. The van der Waals surface area contributed by atoms with Crippen molar-refractivity contribution >= 4 is 33.2 Å². The van der Waals surface area contributed by atoms with Crippen LogP contribution in [-0.2, 0) is 0 Å². The molecule has 0 radical (unpaired) electrons. The summed E-state index contributed by atoms with van der Waals surface area (Å²) in [6.07, 6.45) is 0. The molecule has 4 aromatic rings. The lowest BCUT2D eigenvalue weighted by Crippen LogP contribution is -2.01. The molecule has 0 saturated heterocycles. The molecule has 0 bridgehead atoms. The molecule has 0 atom stereocenters. The Balaban J connectivity index is 2.25. The molecule has 0 spiro atoms. The molecule has 6 heteroatoms. The number of hydrogen-bond acceptors (Lipinski definition) is 2. The van der Waals surface area contributed by atoms with Crippen molar-refractivity contribution in [2.24, 2.45) is 0 Å². The second kappa shape index (κ2) is 5.42. The van der Waals surface area contributed by atoms with Gasteiger partial charge in [-0.15, -0.1) is 0 Å². The first-order chi connectivity index (χ1) is 12.1. The van der Waals surface area contributed by atoms with Gasteiger partial charge in [0.05, 0.1) is 22.5 Å². The molecule has 5 nitrogen and oxygen atoms in total. The Morgan fingerprint density at radius 2 is 1.80 bits per heavy atom. The smallest absolute Gasteiger partial charge is 0.290 e. The SMILES string of the molecule is [C-]#[N+]c1ccc([N+](=O)[O-])c(-n2c3ccccc3c3cccc(F)c32)c1. The first-order valence-electron chi connectivity index (χ1n) is 7.46. The van der Waals surface area contributed by atoms with E-state index in [4.69, 9.17) is 6.57 Å². The Morgan fingerprint density at radius 3 is 2.56 bits per heavy atom. The Hall–Kier alpha value is -3.72. The second-order valence-electron chi connectivity index (χ2n) is 5.53. The molecule has 120 valence electrons. The van der Waals surface area contributed by atoms with Gasteiger partial charge in [-0.05, 0) is 24.3 Å². The molecule has 0 aliphatic carbocycles. The van der Waals surface area contributed by atoms with E-state index >= 15 is 0 Å². The number of aromatic nitrogens is 1. The number of benzene rings is 3. The maximum atomic E-state index is 14.6. The van der Waals surface area contributed by atoms with E-state index in [1.807, 2.05) is 12.1 Å². The number of nitro groups is 1. The summed E-state index contributed by atoms with van der Waals surface area (Å²) in [5.74, 6) is -0.476. The predicted molar refractivity (Wildman–Crippen MR) is 93.7 cm³/mol. The van der Waals surface area contributed by atoms with Gasteiger partial charge in [0, 0.05) is 16.8 Å². The highest BCUT2D eigenvalue weighted by molar-refractivity contribution is 6.09. The molecule has 1 heterocycles. The van der Waals surface area contributed by atoms with Gasteiger partial charge in [0.2, 0.25) is 0 Å². The molecular weight excluding hydrogens is 321 g/mol. The lowest BCUT2D eigenvalue weighted by Gasteiger charge is -2.09. The van der Waals surface area contributed by atoms with Crippen LogP contribution in [-0.4, -0.2) is 9.49 Å². The average Bonchev–Trinajstić information content (AvgIpc) is 2.97. The number of fused-ring (bicyclic) bond motifs is 3. The van der Waals surface area contributed by atoms with E-state index in [9.17, 15) is 14.5 Å². The Labute approximate surface area is 141 Å². The predicted octanol–water partition coefficient (Wildman–Crippen LogP) is 5.38. The molecular formula is C19H10FN3O2. The highest BCUT2D eigenvalue weighted by atomic mass is 19.1. The summed E-state index contributed by atoms with van der Waals surface area (Å²) in [6, 6.07) is 16.1. The van der Waals surface area contributed by atoms with Crippen LogP contribution in [0.3, 0.4) is 0 Å². The highest BCUT2D eigenvalue weighted by Crippen LogP contribution is 2.37. The third-order valence-electron chi connectivity index (χ3n) is 4.17. The largest absolute Gasteiger partial charge is 0.301 e. The van der Waals surface area contributed by atoms with Gasteiger partial charge in [-0.2, -0.15) is 0 Å². The standard InChI is InChI=1S/C19H10FN3O2/c1-21-12-9-10-17(23(24)25)18(11-12)22-16-8-3-2-5-13(16)14-6-4-7-15(20)19(14)22/h2-11H. The van der Waals surface area contributed by atoms with Crippen LogP contribution in [0.2, 0.25) is 0 Å². The quantitative estimate of drug-likeness (QED) is 0.281. The number of rotatable bonds is 2. The molecule has 25 heavy (non-hydrogen) atoms. The molecule has 0 aliphatic heterocycles. The minimum atomic E-state index is -0.523. The van der Waals surface area contributed by atoms with Gasteiger partial charge in [-0.3, -0.25) is 10.1 Å². The lowest BCUT2D eigenvalue weighted by molar-refractivity contribution is -0.384. The first kappa shape index (κ1) is 14.8. The normalized spacial score (nSPS) is 10.9. The zero-order valence-corrected chi connectivity index (χ0v) is 12.8. The van der Waals surface area contributed by atoms with Gasteiger partial charge >= 0.3 is 0 Å². The van der Waals surface area contributed by atoms with E-state index in [-0.39, 0.29) is 22.6 Å². The van der Waals surface area contributed by atoms with Crippen LogP contribution in [0.5, 0.6) is 0 Å². The molecule has 0 unspecified atom stereocenters. The second-order valence-corrected chi connectivity index (χ2v) is 5.53. The minimum Gasteiger partial charge on any atom is -0.301 e. The number of hydrogen-bond donors (Lipinski definition) is 0. The van der Waals surface area contributed by atoms with Gasteiger partial charge in [0.15, 0.2) is 5.69 Å². The van der Waals surface area contributed by atoms with Crippen LogP contribution in [0.1, 0.15) is 0 Å². The van der Waals surface area contributed by atoms with Gasteiger partial charge in [0.1, 0.15) is 11.5 Å². The van der Waals surface area contributed by atoms with Crippen LogP contribution in [0.4, 0.5) is 15.8 Å². The Bertz CT molecular complexity index is 1200. The molecule has 0 fully saturated rings. The molecule has 1 aromatic heterocycles. The van der Waals surface area contributed by atoms with Crippen molar-refractivity contribution in [2.45, 2.75) is 0 Å². The number of para-hydroxylation sites is 2. The molecule has 0 N–H and O–H groups in total. The monoisotopic (exact) mass is 331 g/mol. The van der Waals surface area contributed by atoms with E-state index in [2.05, 4.69) is 4.85 Å². The van der Waals surface area contributed by atoms with Crippen molar-refractivity contribution in [1.82, 2.24) is 4.57 Å². The van der Waals surface area contributed by atoms with Crippen LogP contribution in [0, 0.1) is 22.5 Å². The minimum absolute atomic E-state index is 0.176. The van der Waals surface area contributed by atoms with E-state index in [0.717, 1.165) is 5.39 Å². The zero-order valence-electron chi connectivity index (χ0n) is 12.8. The Morgan fingerprint density at radius 1 is 1.04 bits per heavy atom. The fourth-order valence-corrected chi connectivity index (χ4v) is 3.14. The van der Waals surface area contributed by atoms with Gasteiger partial charge in [0.25, 0.3) is 5.69 Å². The highest BCUT2D eigenvalue weighted by Gasteiger charge is 2.22. The van der Waals surface area contributed by atoms with Crippen molar-refractivity contribution in [2.75, 3.05) is 0 Å². The summed E-state index contributed by atoms with van der Waals surface area (Å²) in [4.78, 5) is 14.3.